The molecular formula is C11H15N5. The van der Waals surface area contributed by atoms with E-state index >= 15 is 0 Å². The van der Waals surface area contributed by atoms with Gasteiger partial charge in [0, 0.05) is 18.8 Å². The summed E-state index contributed by atoms with van der Waals surface area (Å²) in [6.07, 6.45) is 4.69. The second-order valence-electron chi connectivity index (χ2n) is 3.48. The molecule has 0 radical (unpaired) electrons. The Hall–Kier alpha value is -1.88. The van der Waals surface area contributed by atoms with Gasteiger partial charge < -0.3 is 9.99 Å². The first-order valence-corrected chi connectivity index (χ1v) is 5.26. The van der Waals surface area contributed by atoms with Gasteiger partial charge in [0.05, 0.1) is 12.2 Å². The summed E-state index contributed by atoms with van der Waals surface area (Å²) in [5, 5.41) is 0. The Morgan fingerprint density at radius 2 is 2.31 bits per heavy atom. The molecule has 2 aromatic heterocycles. The van der Waals surface area contributed by atoms with Crippen molar-refractivity contribution in [1.82, 2.24) is 14.5 Å². The number of rotatable bonds is 4. The number of nitrogens with one attached hydrogen (secondary N) is 1. The molecule has 0 aliphatic heterocycles. The zero-order valence-corrected chi connectivity index (χ0v) is 9.22. The summed E-state index contributed by atoms with van der Waals surface area (Å²) in [6.45, 7) is 2.81. The van der Waals surface area contributed by atoms with Gasteiger partial charge in [-0.15, -0.1) is 0 Å². The normalized spacial score (nSPS) is 10.4. The zero-order chi connectivity index (χ0) is 11.4. The molecule has 5 heteroatoms. The molecule has 0 aromatic carbocycles. The number of pyridine rings is 1. The Morgan fingerprint density at radius 1 is 1.44 bits per heavy atom. The highest BCUT2D eigenvalue weighted by atomic mass is 15.2. The molecule has 84 valence electrons. The molecule has 3 N–H and O–H groups in total. The molecular weight excluding hydrogens is 202 g/mol. The van der Waals surface area contributed by atoms with Crippen LogP contribution in [0.5, 0.6) is 0 Å². The highest BCUT2D eigenvalue weighted by Gasteiger charge is 2.02. The van der Waals surface area contributed by atoms with Crippen LogP contribution in [-0.2, 0) is 13.0 Å². The fraction of sp³-hybridized carbons (Fsp3) is 0.273. The number of nitrogens with two attached hydrogens (primary N) is 1. The lowest BCUT2D eigenvalue weighted by Crippen LogP contribution is -2.10. The maximum Gasteiger partial charge on any atom is 0.140 e. The summed E-state index contributed by atoms with van der Waals surface area (Å²) < 4.78 is 2.09. The average Bonchev–Trinajstić information content (AvgIpc) is 2.76. The number of anilines is 1. The number of hydrazine groups is 1. The smallest absolute Gasteiger partial charge is 0.140 e. The minimum absolute atomic E-state index is 0.677. The Balaban J connectivity index is 2.20. The molecule has 16 heavy (non-hydrogen) atoms. The second kappa shape index (κ2) is 4.76. The van der Waals surface area contributed by atoms with Gasteiger partial charge in [-0.1, -0.05) is 13.0 Å². The van der Waals surface area contributed by atoms with E-state index in [9.17, 15) is 0 Å². The van der Waals surface area contributed by atoms with Crippen molar-refractivity contribution in [1.29, 1.82) is 0 Å². The quantitative estimate of drug-likeness (QED) is 0.596. The second-order valence-corrected chi connectivity index (χ2v) is 3.48. The number of imidazole rings is 1. The van der Waals surface area contributed by atoms with Crippen LogP contribution in [0, 0.1) is 0 Å². The number of hydrogen-bond donors (Lipinski definition) is 2. The van der Waals surface area contributed by atoms with E-state index in [1.165, 1.54) is 0 Å². The number of aromatic nitrogens is 3. The molecule has 0 unspecified atom stereocenters. The Kier molecular flexibility index (Phi) is 3.16. The Bertz CT molecular complexity index is 463. The Labute approximate surface area is 94.3 Å². The highest BCUT2D eigenvalue weighted by Crippen LogP contribution is 2.07. The summed E-state index contributed by atoms with van der Waals surface area (Å²) >= 11 is 0. The van der Waals surface area contributed by atoms with Gasteiger partial charge in [-0.3, -0.25) is 0 Å². The summed E-state index contributed by atoms with van der Waals surface area (Å²) in [4.78, 5) is 8.63. The van der Waals surface area contributed by atoms with Crippen molar-refractivity contribution in [3.05, 3.63) is 42.1 Å². The molecule has 5 nitrogen and oxygen atoms in total. The molecule has 0 fully saturated rings. The van der Waals surface area contributed by atoms with Crippen LogP contribution in [0.4, 0.5) is 5.82 Å². The fourth-order valence-electron chi connectivity index (χ4n) is 1.62. The summed E-state index contributed by atoms with van der Waals surface area (Å²) in [6, 6.07) is 5.73. The number of nitrogens with zero attached hydrogens (tertiary/aromatic N) is 3. The minimum atomic E-state index is 0.677. The first-order chi connectivity index (χ1) is 7.83. The maximum atomic E-state index is 5.32. The van der Waals surface area contributed by atoms with Crippen molar-refractivity contribution >= 4 is 5.82 Å². The van der Waals surface area contributed by atoms with Gasteiger partial charge >= 0.3 is 0 Å². The average molecular weight is 217 g/mol. The molecule has 0 bridgehead atoms. The lowest BCUT2D eigenvalue weighted by atomic mass is 10.3. The van der Waals surface area contributed by atoms with E-state index in [2.05, 4.69) is 26.9 Å². The molecule has 0 saturated heterocycles. The third-order valence-corrected chi connectivity index (χ3v) is 2.40. The monoisotopic (exact) mass is 217 g/mol. The van der Waals surface area contributed by atoms with Crippen LogP contribution in [0.1, 0.15) is 18.4 Å². The van der Waals surface area contributed by atoms with Gasteiger partial charge in [0.25, 0.3) is 0 Å². The van der Waals surface area contributed by atoms with Gasteiger partial charge in [-0.25, -0.2) is 15.8 Å². The van der Waals surface area contributed by atoms with Gasteiger partial charge in [0.1, 0.15) is 11.6 Å². The van der Waals surface area contributed by atoms with E-state index in [0.29, 0.717) is 5.82 Å². The van der Waals surface area contributed by atoms with E-state index in [4.69, 9.17) is 5.84 Å². The van der Waals surface area contributed by atoms with Gasteiger partial charge in [-0.2, -0.15) is 0 Å². The first kappa shape index (κ1) is 10.6. The Morgan fingerprint density at radius 3 is 3.06 bits per heavy atom. The van der Waals surface area contributed by atoms with E-state index in [-0.39, 0.29) is 0 Å². The SMILES string of the molecule is CCc1nccn1Cc1cccc(NN)n1. The van der Waals surface area contributed by atoms with Gasteiger partial charge in [0.15, 0.2) is 0 Å². The van der Waals surface area contributed by atoms with Crippen molar-refractivity contribution in [2.45, 2.75) is 19.9 Å². The number of aryl methyl sites for hydroxylation is 1. The van der Waals surface area contributed by atoms with Crippen molar-refractivity contribution in [2.75, 3.05) is 5.43 Å². The first-order valence-electron chi connectivity index (χ1n) is 5.26. The van der Waals surface area contributed by atoms with Gasteiger partial charge in [0.2, 0.25) is 0 Å². The largest absolute Gasteiger partial charge is 0.329 e. The van der Waals surface area contributed by atoms with Crippen LogP contribution >= 0.6 is 0 Å². The lowest BCUT2D eigenvalue weighted by Gasteiger charge is -2.07. The van der Waals surface area contributed by atoms with Crippen LogP contribution in [0.2, 0.25) is 0 Å². The van der Waals surface area contributed by atoms with E-state index in [1.807, 2.05) is 30.6 Å². The van der Waals surface area contributed by atoms with Crippen LogP contribution in [0.25, 0.3) is 0 Å². The molecule has 0 atom stereocenters. The summed E-state index contributed by atoms with van der Waals surface area (Å²) in [5.74, 6) is 7.06. The van der Waals surface area contributed by atoms with Crippen molar-refractivity contribution in [2.24, 2.45) is 5.84 Å². The number of hydrogen-bond acceptors (Lipinski definition) is 4. The molecule has 2 heterocycles. The molecule has 0 aliphatic rings. The van der Waals surface area contributed by atoms with Crippen LogP contribution in [-0.4, -0.2) is 14.5 Å². The molecule has 2 rings (SSSR count). The third-order valence-electron chi connectivity index (χ3n) is 2.40. The topological polar surface area (TPSA) is 68.8 Å². The summed E-state index contributed by atoms with van der Waals surface area (Å²) in [5.41, 5.74) is 3.50. The molecule has 0 spiro atoms. The summed E-state index contributed by atoms with van der Waals surface area (Å²) in [7, 11) is 0. The molecule has 0 aliphatic carbocycles. The number of nitrogen functional groups attached to an aromatic ring is 1. The van der Waals surface area contributed by atoms with Crippen LogP contribution < -0.4 is 11.3 Å². The van der Waals surface area contributed by atoms with Crippen molar-refractivity contribution in [3.8, 4) is 0 Å². The lowest BCUT2D eigenvalue weighted by molar-refractivity contribution is 0.717. The maximum absolute atomic E-state index is 5.32. The standard InChI is InChI=1S/C11H15N5/c1-2-11-13-6-7-16(11)8-9-4-3-5-10(14-9)15-12/h3-7H,2,8,12H2,1H3,(H,14,15). The van der Waals surface area contributed by atoms with E-state index < -0.39 is 0 Å². The molecule has 0 amide bonds. The van der Waals surface area contributed by atoms with Crippen LogP contribution in [0.3, 0.4) is 0 Å². The van der Waals surface area contributed by atoms with E-state index in [1.54, 1.807) is 0 Å². The predicted octanol–water partition coefficient (Wildman–Crippen LogP) is 1.17. The predicted molar refractivity (Wildman–Crippen MR) is 62.8 cm³/mol. The fourth-order valence-corrected chi connectivity index (χ4v) is 1.62. The highest BCUT2D eigenvalue weighted by molar-refractivity contribution is 5.33. The van der Waals surface area contributed by atoms with Crippen molar-refractivity contribution in [3.63, 3.8) is 0 Å². The van der Waals surface area contributed by atoms with Crippen molar-refractivity contribution < 1.29 is 0 Å². The minimum Gasteiger partial charge on any atom is -0.329 e. The van der Waals surface area contributed by atoms with Crippen LogP contribution in [0.15, 0.2) is 30.6 Å². The molecule has 2 aromatic rings. The van der Waals surface area contributed by atoms with E-state index in [0.717, 1.165) is 24.5 Å². The molecule has 0 saturated carbocycles. The van der Waals surface area contributed by atoms with Gasteiger partial charge in [-0.05, 0) is 12.1 Å². The third kappa shape index (κ3) is 2.20. The zero-order valence-electron chi connectivity index (χ0n) is 9.22.